The highest BCUT2D eigenvalue weighted by atomic mass is 16.6. The molecule has 0 fully saturated rings. The third-order valence-electron chi connectivity index (χ3n) is 2.09. The van der Waals surface area contributed by atoms with Crippen LogP contribution in [0.4, 0.5) is 5.69 Å². The van der Waals surface area contributed by atoms with E-state index in [1.165, 1.54) is 12.4 Å². The number of rotatable bonds is 2. The Kier molecular flexibility index (Phi) is 2.17. The fourth-order valence-corrected chi connectivity index (χ4v) is 1.30. The van der Waals surface area contributed by atoms with Crippen molar-refractivity contribution in [2.24, 2.45) is 0 Å². The van der Waals surface area contributed by atoms with Crippen LogP contribution < -0.4 is 0 Å². The number of aromatic nitrogens is 3. The number of hydrogen-bond donors (Lipinski definition) is 1. The van der Waals surface area contributed by atoms with Crippen LogP contribution >= 0.6 is 0 Å². The Labute approximate surface area is 85.1 Å². The first-order chi connectivity index (χ1) is 7.18. The molecule has 1 aromatic carbocycles. The smallest absolute Gasteiger partial charge is 0.259 e. The second-order valence-corrected chi connectivity index (χ2v) is 3.09. The molecular formula is C9H8N4O2. The molecule has 0 aliphatic carbocycles. The first-order valence-corrected chi connectivity index (χ1v) is 4.29. The van der Waals surface area contributed by atoms with Crippen molar-refractivity contribution in [3.05, 3.63) is 40.2 Å². The third-order valence-corrected chi connectivity index (χ3v) is 2.09. The van der Waals surface area contributed by atoms with Gasteiger partial charge in [-0.3, -0.25) is 15.2 Å². The van der Waals surface area contributed by atoms with Crippen LogP contribution in [-0.2, 0) is 0 Å². The summed E-state index contributed by atoms with van der Waals surface area (Å²) in [5, 5.41) is 17.0. The van der Waals surface area contributed by atoms with Crippen LogP contribution in [-0.4, -0.2) is 20.1 Å². The number of nitro benzene ring substituents is 1. The third kappa shape index (κ3) is 1.69. The van der Waals surface area contributed by atoms with E-state index in [9.17, 15) is 10.1 Å². The van der Waals surface area contributed by atoms with Crippen LogP contribution in [0.1, 0.15) is 5.56 Å². The van der Waals surface area contributed by atoms with E-state index in [1.807, 2.05) is 0 Å². The van der Waals surface area contributed by atoms with Crippen molar-refractivity contribution in [3.8, 4) is 11.4 Å². The fourth-order valence-electron chi connectivity index (χ4n) is 1.30. The monoisotopic (exact) mass is 204 g/mol. The Morgan fingerprint density at radius 2 is 2.27 bits per heavy atom. The summed E-state index contributed by atoms with van der Waals surface area (Å²) in [5.74, 6) is 0.526. The van der Waals surface area contributed by atoms with Crippen LogP contribution in [0.15, 0.2) is 24.5 Å². The molecule has 1 aromatic heterocycles. The molecule has 15 heavy (non-hydrogen) atoms. The average molecular weight is 204 g/mol. The van der Waals surface area contributed by atoms with Crippen LogP contribution in [0.2, 0.25) is 0 Å². The van der Waals surface area contributed by atoms with Crippen molar-refractivity contribution in [3.63, 3.8) is 0 Å². The normalized spacial score (nSPS) is 10.2. The first-order valence-electron chi connectivity index (χ1n) is 4.29. The van der Waals surface area contributed by atoms with Crippen LogP contribution in [0.25, 0.3) is 11.4 Å². The fraction of sp³-hybridized carbons (Fsp3) is 0.111. The molecule has 0 aliphatic rings. The van der Waals surface area contributed by atoms with Gasteiger partial charge in [-0.15, -0.1) is 0 Å². The maximum absolute atomic E-state index is 10.7. The van der Waals surface area contributed by atoms with Crippen molar-refractivity contribution in [1.29, 1.82) is 0 Å². The molecule has 2 aromatic rings. The molecule has 0 aliphatic heterocycles. The number of nitro groups is 1. The highest BCUT2D eigenvalue weighted by Crippen LogP contribution is 2.23. The number of nitrogens with zero attached hydrogens (tertiary/aromatic N) is 3. The highest BCUT2D eigenvalue weighted by Gasteiger charge is 2.12. The molecule has 0 unspecified atom stereocenters. The summed E-state index contributed by atoms with van der Waals surface area (Å²) >= 11 is 0. The predicted molar refractivity (Wildman–Crippen MR) is 53.2 cm³/mol. The lowest BCUT2D eigenvalue weighted by Crippen LogP contribution is -1.92. The van der Waals surface area contributed by atoms with Gasteiger partial charge in [0.15, 0.2) is 5.82 Å². The lowest BCUT2D eigenvalue weighted by molar-refractivity contribution is -0.385. The molecule has 76 valence electrons. The predicted octanol–water partition coefficient (Wildman–Crippen LogP) is 1.69. The van der Waals surface area contributed by atoms with Crippen molar-refractivity contribution in [2.45, 2.75) is 6.92 Å². The van der Waals surface area contributed by atoms with E-state index in [0.717, 1.165) is 0 Å². The number of aromatic amines is 1. The molecule has 0 bridgehead atoms. The summed E-state index contributed by atoms with van der Waals surface area (Å²) in [6.07, 6.45) is 1.36. The van der Waals surface area contributed by atoms with Gasteiger partial charge in [0.05, 0.1) is 4.92 Å². The molecule has 0 saturated heterocycles. The molecule has 0 saturated carbocycles. The van der Waals surface area contributed by atoms with Crippen LogP contribution in [0.3, 0.4) is 0 Å². The van der Waals surface area contributed by atoms with Crippen molar-refractivity contribution < 1.29 is 4.92 Å². The van der Waals surface area contributed by atoms with Gasteiger partial charge in [-0.2, -0.15) is 5.10 Å². The summed E-state index contributed by atoms with van der Waals surface area (Å²) in [4.78, 5) is 14.2. The maximum atomic E-state index is 10.7. The minimum Gasteiger partial charge on any atom is -0.259 e. The van der Waals surface area contributed by atoms with Gasteiger partial charge in [0.2, 0.25) is 0 Å². The molecule has 1 N–H and O–H groups in total. The minimum atomic E-state index is -0.408. The second-order valence-electron chi connectivity index (χ2n) is 3.09. The standard InChI is InChI=1S/C9H8N4O2/c1-6-2-3-7(4-8(6)13(14)15)9-10-5-11-12-9/h2-5H,1H3,(H,10,11,12). The molecule has 0 atom stereocenters. The Morgan fingerprint density at radius 3 is 2.87 bits per heavy atom. The lowest BCUT2D eigenvalue weighted by Gasteiger charge is -1.99. The van der Waals surface area contributed by atoms with Crippen molar-refractivity contribution in [2.75, 3.05) is 0 Å². The average Bonchev–Trinajstić information content (AvgIpc) is 2.71. The van der Waals surface area contributed by atoms with Gasteiger partial charge in [-0.25, -0.2) is 4.98 Å². The zero-order chi connectivity index (χ0) is 10.8. The zero-order valence-electron chi connectivity index (χ0n) is 7.97. The Hall–Kier alpha value is -2.24. The van der Waals surface area contributed by atoms with Gasteiger partial charge < -0.3 is 0 Å². The van der Waals surface area contributed by atoms with E-state index >= 15 is 0 Å². The SMILES string of the molecule is Cc1ccc(-c2ncn[nH]2)cc1[N+](=O)[O-]. The molecule has 6 nitrogen and oxygen atoms in total. The van der Waals surface area contributed by atoms with E-state index < -0.39 is 4.92 Å². The Balaban J connectivity index is 2.52. The zero-order valence-corrected chi connectivity index (χ0v) is 7.97. The molecule has 0 spiro atoms. The molecule has 2 rings (SSSR count). The minimum absolute atomic E-state index is 0.0869. The number of H-pyrrole nitrogens is 1. The van der Waals surface area contributed by atoms with Crippen molar-refractivity contribution in [1.82, 2.24) is 15.2 Å². The van der Waals surface area contributed by atoms with E-state index in [0.29, 0.717) is 17.0 Å². The molecular weight excluding hydrogens is 196 g/mol. The first kappa shape index (κ1) is 9.32. The number of aryl methyl sites for hydroxylation is 1. The van der Waals surface area contributed by atoms with Gasteiger partial charge >= 0.3 is 0 Å². The van der Waals surface area contributed by atoms with E-state index in [2.05, 4.69) is 15.2 Å². The number of benzene rings is 1. The van der Waals surface area contributed by atoms with Gasteiger partial charge in [-0.1, -0.05) is 12.1 Å². The van der Waals surface area contributed by atoms with Crippen LogP contribution in [0, 0.1) is 17.0 Å². The summed E-state index contributed by atoms with van der Waals surface area (Å²) in [5.41, 5.74) is 1.37. The van der Waals surface area contributed by atoms with Crippen LogP contribution in [0.5, 0.6) is 0 Å². The largest absolute Gasteiger partial charge is 0.273 e. The summed E-state index contributed by atoms with van der Waals surface area (Å²) < 4.78 is 0. The summed E-state index contributed by atoms with van der Waals surface area (Å²) in [6, 6.07) is 4.94. The highest BCUT2D eigenvalue weighted by molar-refractivity contribution is 5.60. The van der Waals surface area contributed by atoms with Gasteiger partial charge in [0.1, 0.15) is 6.33 Å². The van der Waals surface area contributed by atoms with E-state index in [1.54, 1.807) is 19.1 Å². The second kappa shape index (κ2) is 3.49. The maximum Gasteiger partial charge on any atom is 0.273 e. The van der Waals surface area contributed by atoms with Crippen molar-refractivity contribution >= 4 is 5.69 Å². The molecule has 0 amide bonds. The quantitative estimate of drug-likeness (QED) is 0.595. The van der Waals surface area contributed by atoms with Gasteiger partial charge in [0, 0.05) is 17.2 Å². The summed E-state index contributed by atoms with van der Waals surface area (Å²) in [7, 11) is 0. The molecule has 0 radical (unpaired) electrons. The van der Waals surface area contributed by atoms with E-state index in [4.69, 9.17) is 0 Å². The topological polar surface area (TPSA) is 84.7 Å². The number of nitrogens with one attached hydrogen (secondary N) is 1. The Morgan fingerprint density at radius 1 is 1.47 bits per heavy atom. The van der Waals surface area contributed by atoms with Gasteiger partial charge in [-0.05, 0) is 6.92 Å². The summed E-state index contributed by atoms with van der Waals surface area (Å²) in [6.45, 7) is 1.70. The lowest BCUT2D eigenvalue weighted by atomic mass is 10.1. The van der Waals surface area contributed by atoms with Gasteiger partial charge in [0.25, 0.3) is 5.69 Å². The number of hydrogen-bond acceptors (Lipinski definition) is 4. The molecule has 1 heterocycles. The van der Waals surface area contributed by atoms with E-state index in [-0.39, 0.29) is 5.69 Å². The Bertz CT molecular complexity index is 493. The molecule has 6 heteroatoms.